The third-order valence-electron chi connectivity index (χ3n) is 7.78. The second-order valence-electron chi connectivity index (χ2n) is 9.43. The number of aryl methyl sites for hydroxylation is 1. The molecule has 2 saturated carbocycles. The van der Waals surface area contributed by atoms with E-state index in [9.17, 15) is 14.4 Å². The Labute approximate surface area is 191 Å². The molecule has 3 fully saturated rings. The first-order valence-corrected chi connectivity index (χ1v) is 11.5. The molecule has 0 radical (unpaired) electrons. The summed E-state index contributed by atoms with van der Waals surface area (Å²) in [5.74, 6) is 0.342. The van der Waals surface area contributed by atoms with Gasteiger partial charge in [0.05, 0.1) is 11.8 Å². The van der Waals surface area contributed by atoms with Crippen molar-refractivity contribution in [3.8, 4) is 0 Å². The molecule has 5 aliphatic rings. The number of halogens is 1. The fraction of sp³-hybridized carbons (Fsp3) is 0.346. The van der Waals surface area contributed by atoms with Crippen LogP contribution in [-0.4, -0.2) is 29.3 Å². The molecule has 0 spiro atoms. The molecule has 1 saturated heterocycles. The number of amides is 3. The highest BCUT2D eigenvalue weighted by Crippen LogP contribution is 2.65. The average Bonchev–Trinajstić information content (AvgIpc) is 3.58. The second-order valence-corrected chi connectivity index (χ2v) is 9.86. The number of carbonyl (C=O) groups excluding carboxylic acids is 3. The summed E-state index contributed by atoms with van der Waals surface area (Å²) in [5.41, 5.74) is 2.04. The molecule has 2 aromatic carbocycles. The van der Waals surface area contributed by atoms with Gasteiger partial charge in [-0.2, -0.15) is 0 Å². The van der Waals surface area contributed by atoms with Gasteiger partial charge in [0.2, 0.25) is 11.8 Å². The summed E-state index contributed by atoms with van der Waals surface area (Å²) >= 11 is 6.00. The highest BCUT2D eigenvalue weighted by atomic mass is 35.5. The smallest absolute Gasteiger partial charge is 0.259 e. The van der Waals surface area contributed by atoms with Crippen LogP contribution in [0.1, 0.15) is 22.3 Å². The van der Waals surface area contributed by atoms with Crippen LogP contribution in [0.2, 0.25) is 5.02 Å². The number of likely N-dealkylation sites (tertiary alicyclic amines) is 1. The van der Waals surface area contributed by atoms with E-state index in [2.05, 4.69) is 12.2 Å². The van der Waals surface area contributed by atoms with E-state index in [1.54, 1.807) is 29.2 Å². The van der Waals surface area contributed by atoms with E-state index >= 15 is 0 Å². The van der Waals surface area contributed by atoms with Crippen LogP contribution in [0, 0.1) is 42.4 Å². The Morgan fingerprint density at radius 3 is 2.16 bits per heavy atom. The lowest BCUT2D eigenvalue weighted by Crippen LogP contribution is -2.45. The fourth-order valence-electron chi connectivity index (χ4n) is 6.16. The van der Waals surface area contributed by atoms with Crippen molar-refractivity contribution in [2.75, 3.05) is 11.6 Å². The number of allylic oxidation sites excluding steroid dienone is 2. The molecule has 0 N–H and O–H groups in total. The molecule has 162 valence electrons. The Hall–Kier alpha value is -2.92. The van der Waals surface area contributed by atoms with Gasteiger partial charge in [0, 0.05) is 16.3 Å². The largest absolute Gasteiger partial charge is 0.289 e. The number of carbonyl (C=O) groups is 3. The third kappa shape index (κ3) is 2.80. The van der Waals surface area contributed by atoms with Crippen molar-refractivity contribution in [1.82, 2.24) is 4.90 Å². The minimum atomic E-state index is -0.273. The maximum absolute atomic E-state index is 13.5. The van der Waals surface area contributed by atoms with E-state index < -0.39 is 0 Å². The topological polar surface area (TPSA) is 57.7 Å². The van der Waals surface area contributed by atoms with Gasteiger partial charge < -0.3 is 0 Å². The quantitative estimate of drug-likeness (QED) is 0.519. The molecule has 32 heavy (non-hydrogen) atoms. The Kier molecular flexibility index (Phi) is 4.34. The monoisotopic (exact) mass is 446 g/mol. The SMILES string of the molecule is Cc1ccccc1N(CN1C(=O)C2C3C=CC(C4CC34)C2C1=O)C(=O)c1ccc(Cl)cc1. The number of nitrogens with zero attached hydrogens (tertiary/aromatic N) is 2. The van der Waals surface area contributed by atoms with E-state index in [0.29, 0.717) is 28.1 Å². The van der Waals surface area contributed by atoms with Gasteiger partial charge >= 0.3 is 0 Å². The molecule has 2 aromatic rings. The summed E-state index contributed by atoms with van der Waals surface area (Å²) in [7, 11) is 0. The van der Waals surface area contributed by atoms with E-state index in [0.717, 1.165) is 12.0 Å². The summed E-state index contributed by atoms with van der Waals surface area (Å²) < 4.78 is 0. The Morgan fingerprint density at radius 2 is 1.56 bits per heavy atom. The van der Waals surface area contributed by atoms with E-state index in [4.69, 9.17) is 11.6 Å². The van der Waals surface area contributed by atoms with E-state index in [-0.39, 0.29) is 48.1 Å². The maximum Gasteiger partial charge on any atom is 0.259 e. The molecular formula is C26H23ClN2O3. The lowest BCUT2D eigenvalue weighted by Gasteiger charge is -2.37. The first-order valence-electron chi connectivity index (χ1n) is 11.1. The molecule has 3 amide bonds. The highest BCUT2D eigenvalue weighted by Gasteiger charge is 2.67. The number of imide groups is 1. The van der Waals surface area contributed by atoms with Crippen molar-refractivity contribution in [2.45, 2.75) is 13.3 Å². The van der Waals surface area contributed by atoms with Crippen molar-refractivity contribution < 1.29 is 14.4 Å². The number of para-hydroxylation sites is 1. The molecule has 4 aliphatic carbocycles. The molecule has 6 unspecified atom stereocenters. The van der Waals surface area contributed by atoms with Gasteiger partial charge in [0.15, 0.2) is 0 Å². The molecule has 5 nitrogen and oxygen atoms in total. The number of benzene rings is 2. The molecule has 6 atom stereocenters. The van der Waals surface area contributed by atoms with Crippen LogP contribution in [0.15, 0.2) is 60.7 Å². The normalized spacial score (nSPS) is 31.5. The third-order valence-corrected chi connectivity index (χ3v) is 8.03. The van der Waals surface area contributed by atoms with Crippen LogP contribution in [0.5, 0.6) is 0 Å². The van der Waals surface area contributed by atoms with Crippen LogP contribution >= 0.6 is 11.6 Å². The van der Waals surface area contributed by atoms with Crippen LogP contribution < -0.4 is 4.90 Å². The first-order chi connectivity index (χ1) is 15.5. The first kappa shape index (κ1) is 19.7. The van der Waals surface area contributed by atoms with Gasteiger partial charge in [-0.3, -0.25) is 24.2 Å². The molecule has 6 heteroatoms. The zero-order chi connectivity index (χ0) is 22.1. The fourth-order valence-corrected chi connectivity index (χ4v) is 6.29. The predicted octanol–water partition coefficient (Wildman–Crippen LogP) is 4.31. The average molecular weight is 447 g/mol. The maximum atomic E-state index is 13.5. The number of rotatable bonds is 4. The zero-order valence-electron chi connectivity index (χ0n) is 17.6. The molecule has 1 heterocycles. The van der Waals surface area contributed by atoms with Crippen molar-refractivity contribution >= 4 is 35.0 Å². The van der Waals surface area contributed by atoms with Crippen molar-refractivity contribution in [2.24, 2.45) is 35.5 Å². The summed E-state index contributed by atoms with van der Waals surface area (Å²) in [5, 5.41) is 0.541. The van der Waals surface area contributed by atoms with Crippen LogP contribution in [0.3, 0.4) is 0 Å². The van der Waals surface area contributed by atoms with Crippen LogP contribution in [0.4, 0.5) is 5.69 Å². The van der Waals surface area contributed by atoms with Crippen molar-refractivity contribution in [1.29, 1.82) is 0 Å². The lowest BCUT2D eigenvalue weighted by atomic mass is 9.63. The standard InChI is InChI=1S/C26H23ClN2O3/c1-14-4-2-3-5-21(14)28(24(30)15-6-8-16(27)9-7-15)13-29-25(31)22-17-10-11-18(20-12-19(17)20)23(22)26(29)32/h2-11,17-20,22-23H,12-13H2,1H3. The number of anilines is 1. The highest BCUT2D eigenvalue weighted by molar-refractivity contribution is 6.30. The summed E-state index contributed by atoms with van der Waals surface area (Å²) in [4.78, 5) is 43.4. The van der Waals surface area contributed by atoms with Gasteiger partial charge in [-0.1, -0.05) is 42.0 Å². The molecule has 1 aliphatic heterocycles. The molecule has 2 bridgehead atoms. The zero-order valence-corrected chi connectivity index (χ0v) is 18.4. The van der Waals surface area contributed by atoms with Crippen LogP contribution in [0.25, 0.3) is 0 Å². The Morgan fingerprint density at radius 1 is 0.969 bits per heavy atom. The van der Waals surface area contributed by atoms with Gasteiger partial charge in [0.25, 0.3) is 5.91 Å². The van der Waals surface area contributed by atoms with Gasteiger partial charge in [-0.25, -0.2) is 0 Å². The minimum Gasteiger partial charge on any atom is -0.289 e. The van der Waals surface area contributed by atoms with E-state index in [1.165, 1.54) is 4.90 Å². The molecule has 0 aromatic heterocycles. The predicted molar refractivity (Wildman–Crippen MR) is 121 cm³/mol. The van der Waals surface area contributed by atoms with E-state index in [1.807, 2.05) is 31.2 Å². The lowest BCUT2D eigenvalue weighted by molar-refractivity contribution is -0.140. The molecular weight excluding hydrogens is 424 g/mol. The summed E-state index contributed by atoms with van der Waals surface area (Å²) in [6.07, 6.45) is 5.44. The Balaban J connectivity index is 1.35. The number of hydrogen-bond donors (Lipinski definition) is 0. The minimum absolute atomic E-state index is 0.0776. The van der Waals surface area contributed by atoms with Gasteiger partial charge in [0.1, 0.15) is 6.67 Å². The second kappa shape index (κ2) is 7.04. The number of hydrogen-bond acceptors (Lipinski definition) is 3. The van der Waals surface area contributed by atoms with Crippen molar-refractivity contribution in [3.63, 3.8) is 0 Å². The van der Waals surface area contributed by atoms with Gasteiger partial charge in [-0.15, -0.1) is 0 Å². The Bertz CT molecular complexity index is 1140. The van der Waals surface area contributed by atoms with Crippen LogP contribution in [-0.2, 0) is 9.59 Å². The van der Waals surface area contributed by atoms with Gasteiger partial charge in [-0.05, 0) is 72.9 Å². The molecule has 7 rings (SSSR count). The summed E-state index contributed by atoms with van der Waals surface area (Å²) in [6.45, 7) is 1.84. The van der Waals surface area contributed by atoms with Crippen molar-refractivity contribution in [3.05, 3.63) is 76.8 Å². The summed E-state index contributed by atoms with van der Waals surface area (Å²) in [6, 6.07) is 14.2.